The Kier molecular flexibility index (Phi) is 3.27. The van der Waals surface area contributed by atoms with Crippen LogP contribution < -0.4 is 4.72 Å². The third kappa shape index (κ3) is 2.42. The molecule has 0 saturated carbocycles. The van der Waals surface area contributed by atoms with Crippen molar-refractivity contribution < 1.29 is 13.2 Å². The first kappa shape index (κ1) is 11.6. The highest BCUT2D eigenvalue weighted by Gasteiger charge is 2.30. The van der Waals surface area contributed by atoms with Gasteiger partial charge in [0.1, 0.15) is 4.90 Å². The van der Waals surface area contributed by atoms with E-state index in [9.17, 15) is 13.2 Å². The second kappa shape index (κ2) is 4.52. The number of nitrogens with one attached hydrogen (secondary N) is 1. The van der Waals surface area contributed by atoms with Crippen LogP contribution in [0.2, 0.25) is 0 Å². The van der Waals surface area contributed by atoms with E-state index in [1.165, 1.54) is 18.5 Å². The van der Waals surface area contributed by atoms with Crippen molar-refractivity contribution in [2.45, 2.75) is 17.4 Å². The second-order valence-corrected chi connectivity index (χ2v) is 6.13. The van der Waals surface area contributed by atoms with E-state index in [0.29, 0.717) is 12.2 Å². The first-order chi connectivity index (χ1) is 7.59. The highest BCUT2D eigenvalue weighted by atomic mass is 32.2. The summed E-state index contributed by atoms with van der Waals surface area (Å²) in [7, 11) is -3.62. The quantitative estimate of drug-likeness (QED) is 0.849. The smallest absolute Gasteiger partial charge is 0.242 e. The molecule has 16 heavy (non-hydrogen) atoms. The molecule has 86 valence electrons. The molecule has 0 spiro atoms. The Balaban J connectivity index is 2.18. The maximum Gasteiger partial charge on any atom is 0.242 e. The molecule has 0 aliphatic carbocycles. The van der Waals surface area contributed by atoms with E-state index in [4.69, 9.17) is 0 Å². The molecule has 0 aromatic carbocycles. The van der Waals surface area contributed by atoms with Gasteiger partial charge < -0.3 is 0 Å². The Labute approximate surface area is 97.7 Å². The number of nitrogens with zero attached hydrogens (tertiary/aromatic N) is 1. The number of carbonyl (C=O) groups is 1. The number of pyridine rings is 1. The lowest BCUT2D eigenvalue weighted by atomic mass is 10.3. The molecule has 7 heteroatoms. The zero-order chi connectivity index (χ0) is 11.6. The van der Waals surface area contributed by atoms with Crippen molar-refractivity contribution >= 4 is 26.9 Å². The van der Waals surface area contributed by atoms with Crippen molar-refractivity contribution in [1.82, 2.24) is 9.71 Å². The molecular formula is C9H10N2O3S2. The predicted molar refractivity (Wildman–Crippen MR) is 60.4 cm³/mol. The van der Waals surface area contributed by atoms with Gasteiger partial charge in [-0.1, -0.05) is 11.8 Å². The minimum absolute atomic E-state index is 0.0831. The highest BCUT2D eigenvalue weighted by molar-refractivity contribution is 8.14. The Morgan fingerprint density at radius 1 is 1.50 bits per heavy atom. The molecule has 2 rings (SSSR count). The molecule has 1 aromatic rings. The molecule has 1 aromatic heterocycles. The van der Waals surface area contributed by atoms with Gasteiger partial charge in [-0.2, -0.15) is 4.72 Å². The lowest BCUT2D eigenvalue weighted by Gasteiger charge is -2.10. The number of carbonyl (C=O) groups excluding carboxylic acids is 1. The molecule has 1 saturated heterocycles. The molecule has 1 fully saturated rings. The topological polar surface area (TPSA) is 76.1 Å². The molecule has 1 aliphatic rings. The normalized spacial score (nSPS) is 21.2. The van der Waals surface area contributed by atoms with Crippen LogP contribution in [0.3, 0.4) is 0 Å². The van der Waals surface area contributed by atoms with Crippen LogP contribution in [0.15, 0.2) is 29.4 Å². The number of thioether (sulfide) groups is 1. The van der Waals surface area contributed by atoms with Gasteiger partial charge in [0.05, 0.1) is 6.04 Å². The van der Waals surface area contributed by atoms with Crippen molar-refractivity contribution in [2.24, 2.45) is 0 Å². The molecule has 2 heterocycles. The van der Waals surface area contributed by atoms with E-state index < -0.39 is 16.1 Å². The van der Waals surface area contributed by atoms with Crippen molar-refractivity contribution in [3.63, 3.8) is 0 Å². The van der Waals surface area contributed by atoms with Crippen molar-refractivity contribution in [2.75, 3.05) is 5.75 Å². The van der Waals surface area contributed by atoms with Crippen LogP contribution in [0.5, 0.6) is 0 Å². The Morgan fingerprint density at radius 2 is 2.31 bits per heavy atom. The first-order valence-electron chi connectivity index (χ1n) is 4.68. The summed E-state index contributed by atoms with van der Waals surface area (Å²) in [6.45, 7) is 0. The third-order valence-electron chi connectivity index (χ3n) is 2.18. The van der Waals surface area contributed by atoms with Gasteiger partial charge >= 0.3 is 0 Å². The van der Waals surface area contributed by atoms with E-state index in [2.05, 4.69) is 9.71 Å². The zero-order valence-electron chi connectivity index (χ0n) is 8.29. The number of hydrogen-bond donors (Lipinski definition) is 1. The summed E-state index contributed by atoms with van der Waals surface area (Å²) < 4.78 is 26.0. The van der Waals surface area contributed by atoms with Gasteiger partial charge in [0.2, 0.25) is 15.1 Å². The summed E-state index contributed by atoms with van der Waals surface area (Å²) in [6.07, 6.45) is 3.30. The van der Waals surface area contributed by atoms with Gasteiger partial charge in [-0.3, -0.25) is 9.78 Å². The summed E-state index contributed by atoms with van der Waals surface area (Å²) in [5.74, 6) is 0.666. The average molecular weight is 258 g/mol. The zero-order valence-corrected chi connectivity index (χ0v) is 9.92. The first-order valence-corrected chi connectivity index (χ1v) is 7.15. The van der Waals surface area contributed by atoms with Crippen LogP contribution in [-0.4, -0.2) is 30.3 Å². The van der Waals surface area contributed by atoms with Crippen molar-refractivity contribution in [1.29, 1.82) is 0 Å². The standard InChI is InChI=1S/C9H10N2O3S2/c12-9-8(3-5-15-9)11-16(13,14)7-2-1-4-10-6-7/h1-2,4,6,8,11H,3,5H2. The molecule has 0 bridgehead atoms. The number of sulfonamides is 1. The molecule has 1 aliphatic heterocycles. The van der Waals surface area contributed by atoms with E-state index >= 15 is 0 Å². The van der Waals surface area contributed by atoms with Crippen LogP contribution in [0.1, 0.15) is 6.42 Å². The monoisotopic (exact) mass is 258 g/mol. The SMILES string of the molecule is O=C1SCCC1NS(=O)(=O)c1cccnc1. The molecule has 1 atom stereocenters. The second-order valence-electron chi connectivity index (χ2n) is 3.32. The number of rotatable bonds is 3. The van der Waals surface area contributed by atoms with E-state index in [0.717, 1.165) is 11.8 Å². The fraction of sp³-hybridized carbons (Fsp3) is 0.333. The van der Waals surface area contributed by atoms with Crippen molar-refractivity contribution in [3.05, 3.63) is 24.5 Å². The minimum Gasteiger partial charge on any atom is -0.285 e. The van der Waals surface area contributed by atoms with Crippen LogP contribution in [0.25, 0.3) is 0 Å². The lowest BCUT2D eigenvalue weighted by molar-refractivity contribution is -0.111. The fourth-order valence-corrected chi connectivity index (χ4v) is 3.56. The van der Waals surface area contributed by atoms with E-state index in [-0.39, 0.29) is 10.0 Å². The molecule has 5 nitrogen and oxygen atoms in total. The summed E-state index contributed by atoms with van der Waals surface area (Å²) in [6, 6.07) is 2.39. The van der Waals surface area contributed by atoms with Crippen LogP contribution >= 0.6 is 11.8 Å². The maximum absolute atomic E-state index is 11.8. The summed E-state index contributed by atoms with van der Waals surface area (Å²) >= 11 is 1.16. The summed E-state index contributed by atoms with van der Waals surface area (Å²) in [4.78, 5) is 15.1. The molecule has 0 amide bonds. The molecular weight excluding hydrogens is 248 g/mol. The lowest BCUT2D eigenvalue weighted by Crippen LogP contribution is -2.37. The number of hydrogen-bond acceptors (Lipinski definition) is 5. The van der Waals surface area contributed by atoms with E-state index in [1.54, 1.807) is 6.07 Å². The third-order valence-corrected chi connectivity index (χ3v) is 4.64. The highest BCUT2D eigenvalue weighted by Crippen LogP contribution is 2.21. The fourth-order valence-electron chi connectivity index (χ4n) is 1.36. The van der Waals surface area contributed by atoms with Gasteiger partial charge in [-0.05, 0) is 18.6 Å². The Bertz CT molecular complexity index is 487. The van der Waals surface area contributed by atoms with Crippen LogP contribution in [-0.2, 0) is 14.8 Å². The average Bonchev–Trinajstić information content (AvgIpc) is 2.65. The van der Waals surface area contributed by atoms with Gasteiger partial charge in [0.15, 0.2) is 0 Å². The minimum atomic E-state index is -3.62. The van der Waals surface area contributed by atoms with Gasteiger partial charge in [0, 0.05) is 18.1 Å². The Hall–Kier alpha value is -0.920. The predicted octanol–water partition coefficient (Wildman–Crippen LogP) is 0.392. The maximum atomic E-state index is 11.8. The molecule has 0 radical (unpaired) electrons. The van der Waals surface area contributed by atoms with Gasteiger partial charge in [-0.15, -0.1) is 0 Å². The van der Waals surface area contributed by atoms with Crippen molar-refractivity contribution in [3.8, 4) is 0 Å². The number of aromatic nitrogens is 1. The Morgan fingerprint density at radius 3 is 2.88 bits per heavy atom. The molecule has 1 unspecified atom stereocenters. The van der Waals surface area contributed by atoms with Gasteiger partial charge in [-0.25, -0.2) is 8.42 Å². The van der Waals surface area contributed by atoms with Crippen LogP contribution in [0, 0.1) is 0 Å². The molecule has 1 N–H and O–H groups in total. The van der Waals surface area contributed by atoms with Gasteiger partial charge in [0.25, 0.3) is 0 Å². The van der Waals surface area contributed by atoms with E-state index in [1.807, 2.05) is 0 Å². The van der Waals surface area contributed by atoms with Crippen LogP contribution in [0.4, 0.5) is 0 Å². The summed E-state index contributed by atoms with van der Waals surface area (Å²) in [5.41, 5.74) is 0. The summed E-state index contributed by atoms with van der Waals surface area (Å²) in [5, 5.41) is -0.118. The largest absolute Gasteiger partial charge is 0.285 e.